The third-order valence-electron chi connectivity index (χ3n) is 9.22. The van der Waals surface area contributed by atoms with Crippen LogP contribution in [0.4, 0.5) is 0 Å². The van der Waals surface area contributed by atoms with Gasteiger partial charge in [-0.1, -0.05) is 54.0 Å². The van der Waals surface area contributed by atoms with Gasteiger partial charge >= 0.3 is 0 Å². The summed E-state index contributed by atoms with van der Waals surface area (Å²) in [7, 11) is 1.55. The molecule has 0 saturated carbocycles. The van der Waals surface area contributed by atoms with Crippen LogP contribution in [0.15, 0.2) is 18.2 Å². The molecule has 0 spiro atoms. The van der Waals surface area contributed by atoms with E-state index in [1.54, 1.807) is 19.2 Å². The van der Waals surface area contributed by atoms with Crippen molar-refractivity contribution in [2.75, 3.05) is 20.2 Å². The largest absolute Gasteiger partial charge is 0.496 e. The predicted molar refractivity (Wildman–Crippen MR) is 230 cm³/mol. The van der Waals surface area contributed by atoms with Gasteiger partial charge in [-0.05, 0) is 122 Å². The van der Waals surface area contributed by atoms with Crippen LogP contribution in [0.25, 0.3) is 0 Å². The lowest BCUT2D eigenvalue weighted by Crippen LogP contribution is -2.60. The molecular weight excluding hydrogens is 845 g/mol. The number of ether oxygens (including phenoxy) is 1. The standard InChI is InChI=1S/C40H70IN9O7/c1-23(2)18-30(35(45)51)47-38(54)31(19-24(3)4)49-40(56)33(22-26-14-15-34(57-7)27(41)21-26)50-39(55)32(20-25(5)6)48-37(53)29(13-9-11-17-43)46-36(52)28(44)12-8-10-16-42/h14-15,21,23-25,28-33H,8-13,16-20,22,42-44H2,1-7H3,(H2,45,51)(H,46,52)(H,47,54)(H,48,53)(H,49,56)(H,50,55)/t28-,29-,30-,31-,32-,33-/m0/s1. The zero-order valence-electron chi connectivity index (χ0n) is 35.0. The Balaban J connectivity index is 3.49. The van der Waals surface area contributed by atoms with Gasteiger partial charge in [0.1, 0.15) is 36.0 Å². The molecule has 1 aromatic carbocycles. The molecular formula is C40H70IN9O7. The van der Waals surface area contributed by atoms with Crippen LogP contribution in [-0.4, -0.2) is 91.9 Å². The number of nitrogens with one attached hydrogen (secondary N) is 5. The van der Waals surface area contributed by atoms with Crippen LogP contribution in [0.2, 0.25) is 0 Å². The van der Waals surface area contributed by atoms with E-state index in [9.17, 15) is 28.8 Å². The van der Waals surface area contributed by atoms with Crippen LogP contribution in [0.5, 0.6) is 5.75 Å². The van der Waals surface area contributed by atoms with Crippen LogP contribution in [0.1, 0.15) is 105 Å². The van der Waals surface area contributed by atoms with Crippen molar-refractivity contribution in [1.82, 2.24) is 26.6 Å². The fraction of sp³-hybridized carbons (Fsp3) is 0.700. The first-order valence-corrected chi connectivity index (χ1v) is 21.2. The first-order valence-electron chi connectivity index (χ1n) is 20.1. The Bertz CT molecular complexity index is 1450. The van der Waals surface area contributed by atoms with Crippen LogP contribution in [-0.2, 0) is 35.2 Å². The number of nitrogens with two attached hydrogens (primary N) is 4. The molecule has 0 aromatic heterocycles. The lowest BCUT2D eigenvalue weighted by atomic mass is 9.98. The molecule has 6 atom stereocenters. The summed E-state index contributed by atoms with van der Waals surface area (Å²) in [6.45, 7) is 12.3. The molecule has 0 heterocycles. The Morgan fingerprint density at radius 1 is 0.614 bits per heavy atom. The average molecular weight is 916 g/mol. The zero-order valence-corrected chi connectivity index (χ0v) is 37.1. The van der Waals surface area contributed by atoms with E-state index in [-0.39, 0.29) is 43.4 Å². The number of amides is 6. The van der Waals surface area contributed by atoms with Gasteiger partial charge in [0.05, 0.1) is 16.7 Å². The van der Waals surface area contributed by atoms with Crippen molar-refractivity contribution < 1.29 is 33.5 Å². The summed E-state index contributed by atoms with van der Waals surface area (Å²) < 4.78 is 6.18. The highest BCUT2D eigenvalue weighted by molar-refractivity contribution is 14.1. The van der Waals surface area contributed by atoms with Crippen molar-refractivity contribution in [3.8, 4) is 5.75 Å². The number of methoxy groups -OCH3 is 1. The van der Waals surface area contributed by atoms with E-state index in [2.05, 4.69) is 49.2 Å². The highest BCUT2D eigenvalue weighted by atomic mass is 127. The van der Waals surface area contributed by atoms with Crippen LogP contribution in [0.3, 0.4) is 0 Å². The minimum Gasteiger partial charge on any atom is -0.496 e. The molecule has 0 fully saturated rings. The van der Waals surface area contributed by atoms with Gasteiger partial charge in [0, 0.05) is 6.42 Å². The summed E-state index contributed by atoms with van der Waals surface area (Å²) in [5.74, 6) is -2.96. The van der Waals surface area contributed by atoms with Crippen molar-refractivity contribution >= 4 is 58.0 Å². The van der Waals surface area contributed by atoms with Gasteiger partial charge in [0.15, 0.2) is 0 Å². The zero-order chi connectivity index (χ0) is 43.2. The van der Waals surface area contributed by atoms with Crippen molar-refractivity contribution in [3.05, 3.63) is 27.3 Å². The quantitative estimate of drug-likeness (QED) is 0.0432. The maximum atomic E-state index is 14.2. The SMILES string of the molecule is COc1ccc(C[C@H](NC(=O)[C@H](CC(C)C)NC(=O)[C@H](CCCCN)NC(=O)[C@@H](N)CCCCN)C(=O)N[C@@H](CC(C)C)C(=O)N[C@@H](CC(C)C)C(N)=O)cc1I. The maximum absolute atomic E-state index is 14.2. The van der Waals surface area contributed by atoms with Crippen LogP contribution < -0.4 is 54.3 Å². The van der Waals surface area contributed by atoms with E-state index in [0.29, 0.717) is 62.9 Å². The summed E-state index contributed by atoms with van der Waals surface area (Å²) in [5, 5.41) is 14.0. The molecule has 1 rings (SSSR count). The average Bonchev–Trinajstić information content (AvgIpc) is 3.12. The molecule has 16 nitrogen and oxygen atoms in total. The predicted octanol–water partition coefficient (Wildman–Crippen LogP) is 1.48. The monoisotopic (exact) mass is 915 g/mol. The van der Waals surface area contributed by atoms with E-state index < -0.39 is 71.7 Å². The highest BCUT2D eigenvalue weighted by Crippen LogP contribution is 2.22. The van der Waals surface area contributed by atoms with Crippen molar-refractivity contribution in [2.24, 2.45) is 40.7 Å². The van der Waals surface area contributed by atoms with Crippen LogP contribution in [0, 0.1) is 21.3 Å². The molecule has 0 unspecified atom stereocenters. The van der Waals surface area contributed by atoms with Crippen LogP contribution >= 0.6 is 22.6 Å². The normalized spacial score (nSPS) is 14.6. The topological polar surface area (TPSA) is 276 Å². The Morgan fingerprint density at radius 3 is 1.49 bits per heavy atom. The van der Waals surface area contributed by atoms with E-state index in [0.717, 1.165) is 3.57 Å². The second kappa shape index (κ2) is 27.2. The number of halogens is 1. The van der Waals surface area contributed by atoms with Crippen molar-refractivity contribution in [2.45, 2.75) is 142 Å². The van der Waals surface area contributed by atoms with Gasteiger partial charge < -0.3 is 54.3 Å². The van der Waals surface area contributed by atoms with E-state index >= 15 is 0 Å². The second-order valence-electron chi connectivity index (χ2n) is 15.9. The summed E-state index contributed by atoms with van der Waals surface area (Å²) in [6, 6.07) is -0.717. The summed E-state index contributed by atoms with van der Waals surface area (Å²) in [5.41, 5.74) is 23.7. The molecule has 0 aliphatic heterocycles. The lowest BCUT2D eigenvalue weighted by molar-refractivity contribution is -0.135. The smallest absolute Gasteiger partial charge is 0.243 e. The van der Waals surface area contributed by atoms with Gasteiger partial charge in [0.2, 0.25) is 35.4 Å². The minimum atomic E-state index is -1.19. The highest BCUT2D eigenvalue weighted by Gasteiger charge is 2.33. The molecule has 57 heavy (non-hydrogen) atoms. The van der Waals surface area contributed by atoms with E-state index in [1.807, 2.05) is 47.6 Å². The van der Waals surface area contributed by atoms with Gasteiger partial charge in [-0.2, -0.15) is 0 Å². The van der Waals surface area contributed by atoms with E-state index in [4.69, 9.17) is 27.7 Å². The fourth-order valence-electron chi connectivity index (χ4n) is 6.17. The number of hydrogen-bond acceptors (Lipinski definition) is 10. The Morgan fingerprint density at radius 2 is 1.04 bits per heavy atom. The number of rotatable bonds is 28. The molecule has 0 aliphatic rings. The molecule has 13 N–H and O–H groups in total. The molecule has 0 bridgehead atoms. The molecule has 324 valence electrons. The summed E-state index contributed by atoms with van der Waals surface area (Å²) in [4.78, 5) is 81.0. The Hall–Kier alpha value is -3.55. The number of hydrogen-bond donors (Lipinski definition) is 9. The lowest BCUT2D eigenvalue weighted by Gasteiger charge is -2.28. The van der Waals surface area contributed by atoms with Crippen molar-refractivity contribution in [1.29, 1.82) is 0 Å². The van der Waals surface area contributed by atoms with E-state index in [1.165, 1.54) is 0 Å². The first kappa shape index (κ1) is 51.5. The second-order valence-corrected chi connectivity index (χ2v) is 17.1. The molecule has 1 aromatic rings. The van der Waals surface area contributed by atoms with Crippen molar-refractivity contribution in [3.63, 3.8) is 0 Å². The number of unbranched alkanes of at least 4 members (excludes halogenated alkanes) is 2. The molecule has 0 saturated heterocycles. The first-order chi connectivity index (χ1) is 26.8. The number of benzene rings is 1. The summed E-state index contributed by atoms with van der Waals surface area (Å²) in [6.07, 6.45) is 4.03. The molecule has 6 amide bonds. The Labute approximate surface area is 352 Å². The summed E-state index contributed by atoms with van der Waals surface area (Å²) >= 11 is 2.12. The van der Waals surface area contributed by atoms with Gasteiger partial charge in [-0.25, -0.2) is 0 Å². The Kier molecular flexibility index (Phi) is 24.6. The van der Waals surface area contributed by atoms with Gasteiger partial charge in [0.25, 0.3) is 0 Å². The fourth-order valence-corrected chi connectivity index (χ4v) is 6.97. The maximum Gasteiger partial charge on any atom is 0.243 e. The number of primary amides is 1. The molecule has 0 aliphatic carbocycles. The third kappa shape index (κ3) is 20.1. The number of carbonyl (C=O) groups is 6. The third-order valence-corrected chi connectivity index (χ3v) is 10.1. The van der Waals surface area contributed by atoms with Gasteiger partial charge in [-0.3, -0.25) is 28.8 Å². The molecule has 0 radical (unpaired) electrons. The molecule has 17 heteroatoms. The minimum absolute atomic E-state index is 0.0289. The van der Waals surface area contributed by atoms with Gasteiger partial charge in [-0.15, -0.1) is 0 Å². The number of carbonyl (C=O) groups excluding carboxylic acids is 6.